The number of carbonyl (C=O) groups is 2. The number of halogens is 1. The number of carbonyl (C=O) groups excluding carboxylic acids is 2. The van der Waals surface area contributed by atoms with Crippen molar-refractivity contribution in [3.63, 3.8) is 0 Å². The van der Waals surface area contributed by atoms with E-state index in [4.69, 9.17) is 5.21 Å². The molecule has 0 heterocycles. The SMILES string of the molecule is O=C(NO)c1cccc(-c2cccc(C(=O)Nc3ccccc3F)c2)c1. The maximum Gasteiger partial charge on any atom is 0.274 e. The topological polar surface area (TPSA) is 78.4 Å². The lowest BCUT2D eigenvalue weighted by Crippen LogP contribution is -2.18. The van der Waals surface area contributed by atoms with Gasteiger partial charge in [0.2, 0.25) is 0 Å². The summed E-state index contributed by atoms with van der Waals surface area (Å²) in [5.74, 6) is -1.58. The predicted molar refractivity (Wildman–Crippen MR) is 95.5 cm³/mol. The summed E-state index contributed by atoms with van der Waals surface area (Å²) >= 11 is 0. The minimum Gasteiger partial charge on any atom is -0.319 e. The quantitative estimate of drug-likeness (QED) is 0.494. The van der Waals surface area contributed by atoms with Gasteiger partial charge in [-0.1, -0.05) is 36.4 Å². The zero-order chi connectivity index (χ0) is 18.5. The monoisotopic (exact) mass is 350 g/mol. The van der Waals surface area contributed by atoms with Crippen LogP contribution in [0.15, 0.2) is 72.8 Å². The summed E-state index contributed by atoms with van der Waals surface area (Å²) in [6.07, 6.45) is 0. The van der Waals surface area contributed by atoms with Crippen LogP contribution in [0.25, 0.3) is 11.1 Å². The third-order valence-corrected chi connectivity index (χ3v) is 3.81. The highest BCUT2D eigenvalue weighted by atomic mass is 19.1. The highest BCUT2D eigenvalue weighted by molar-refractivity contribution is 6.05. The van der Waals surface area contributed by atoms with E-state index < -0.39 is 17.6 Å². The third-order valence-electron chi connectivity index (χ3n) is 3.81. The van der Waals surface area contributed by atoms with Gasteiger partial charge in [0, 0.05) is 11.1 Å². The molecule has 0 aliphatic heterocycles. The van der Waals surface area contributed by atoms with Gasteiger partial charge < -0.3 is 5.32 Å². The number of amides is 2. The highest BCUT2D eigenvalue weighted by Crippen LogP contribution is 2.22. The maximum absolute atomic E-state index is 13.7. The second-order valence-electron chi connectivity index (χ2n) is 5.54. The zero-order valence-electron chi connectivity index (χ0n) is 13.6. The first-order valence-electron chi connectivity index (χ1n) is 7.79. The molecule has 5 nitrogen and oxygen atoms in total. The number of para-hydroxylation sites is 1. The standard InChI is InChI=1S/C20H15FN2O3/c21-17-9-1-2-10-18(17)22-19(24)15-7-3-5-13(11-15)14-6-4-8-16(12-14)20(25)23-26/h1-12,26H,(H,22,24)(H,23,25). The van der Waals surface area contributed by atoms with E-state index in [1.165, 1.54) is 12.1 Å². The minimum atomic E-state index is -0.625. The van der Waals surface area contributed by atoms with E-state index >= 15 is 0 Å². The summed E-state index contributed by atoms with van der Waals surface area (Å²) < 4.78 is 13.7. The zero-order valence-corrected chi connectivity index (χ0v) is 13.6. The lowest BCUT2D eigenvalue weighted by Gasteiger charge is -2.09. The summed E-state index contributed by atoms with van der Waals surface area (Å²) in [5.41, 5.74) is 3.73. The summed E-state index contributed by atoms with van der Waals surface area (Å²) in [4.78, 5) is 23.9. The maximum atomic E-state index is 13.7. The van der Waals surface area contributed by atoms with Crippen LogP contribution in [0.2, 0.25) is 0 Å². The first kappa shape index (κ1) is 17.3. The third kappa shape index (κ3) is 3.76. The molecule has 0 atom stereocenters. The van der Waals surface area contributed by atoms with Gasteiger partial charge in [0.05, 0.1) is 5.69 Å². The van der Waals surface area contributed by atoms with Gasteiger partial charge in [0.1, 0.15) is 5.82 Å². The first-order valence-corrected chi connectivity index (χ1v) is 7.79. The fourth-order valence-electron chi connectivity index (χ4n) is 2.50. The molecule has 3 aromatic carbocycles. The summed E-state index contributed by atoms with van der Waals surface area (Å²) in [7, 11) is 0. The Hall–Kier alpha value is -3.51. The number of rotatable bonds is 4. The second kappa shape index (κ2) is 7.58. The molecule has 0 saturated heterocycles. The summed E-state index contributed by atoms with van der Waals surface area (Å²) in [5, 5.41) is 11.3. The average molecular weight is 350 g/mol. The Morgan fingerprint density at radius 3 is 1.92 bits per heavy atom. The molecule has 0 spiro atoms. The molecule has 3 N–H and O–H groups in total. The molecule has 3 rings (SSSR count). The van der Waals surface area contributed by atoms with Gasteiger partial charge in [-0.2, -0.15) is 0 Å². The molecule has 0 aliphatic carbocycles. The molecule has 0 fully saturated rings. The van der Waals surface area contributed by atoms with Gasteiger partial charge in [-0.15, -0.1) is 0 Å². The van der Waals surface area contributed by atoms with Crippen molar-refractivity contribution in [2.24, 2.45) is 0 Å². The van der Waals surface area contributed by atoms with Crippen LogP contribution >= 0.6 is 0 Å². The number of hydroxylamine groups is 1. The van der Waals surface area contributed by atoms with Gasteiger partial charge >= 0.3 is 0 Å². The van der Waals surface area contributed by atoms with Gasteiger partial charge in [0.15, 0.2) is 0 Å². The van der Waals surface area contributed by atoms with Crippen LogP contribution in [0, 0.1) is 5.82 Å². The molecule has 0 bridgehead atoms. The van der Waals surface area contributed by atoms with Crippen molar-refractivity contribution >= 4 is 17.5 Å². The van der Waals surface area contributed by atoms with E-state index in [0.29, 0.717) is 16.7 Å². The molecule has 26 heavy (non-hydrogen) atoms. The lowest BCUT2D eigenvalue weighted by atomic mass is 10.0. The minimum absolute atomic E-state index is 0.101. The van der Waals surface area contributed by atoms with Crippen LogP contribution in [-0.4, -0.2) is 17.0 Å². The van der Waals surface area contributed by atoms with Gasteiger partial charge in [0.25, 0.3) is 11.8 Å². The number of hydrogen-bond acceptors (Lipinski definition) is 3. The van der Waals surface area contributed by atoms with Crippen LogP contribution in [0.5, 0.6) is 0 Å². The number of anilines is 1. The van der Waals surface area contributed by atoms with Crippen molar-refractivity contribution in [3.05, 3.63) is 89.7 Å². The van der Waals surface area contributed by atoms with Gasteiger partial charge in [-0.05, 0) is 47.5 Å². The van der Waals surface area contributed by atoms with Crippen LogP contribution in [-0.2, 0) is 0 Å². The van der Waals surface area contributed by atoms with Crippen LogP contribution in [0.4, 0.5) is 10.1 Å². The molecule has 0 aromatic heterocycles. The highest BCUT2D eigenvalue weighted by Gasteiger charge is 2.11. The molecular weight excluding hydrogens is 335 g/mol. The average Bonchev–Trinajstić information content (AvgIpc) is 2.69. The van der Waals surface area contributed by atoms with E-state index in [2.05, 4.69) is 5.32 Å². The fourth-order valence-corrected chi connectivity index (χ4v) is 2.50. The Kier molecular flexibility index (Phi) is 5.05. The van der Waals surface area contributed by atoms with E-state index in [0.717, 1.165) is 0 Å². The van der Waals surface area contributed by atoms with Crippen molar-refractivity contribution in [1.29, 1.82) is 0 Å². The van der Waals surface area contributed by atoms with Crippen molar-refractivity contribution in [1.82, 2.24) is 5.48 Å². The molecule has 0 aliphatic rings. The smallest absolute Gasteiger partial charge is 0.274 e. The Labute approximate surface area is 149 Å². The molecule has 0 radical (unpaired) electrons. The largest absolute Gasteiger partial charge is 0.319 e. The fraction of sp³-hybridized carbons (Fsp3) is 0. The van der Waals surface area contributed by atoms with Gasteiger partial charge in [-0.3, -0.25) is 14.8 Å². The Balaban J connectivity index is 1.88. The normalized spacial score (nSPS) is 10.2. The number of hydrogen-bond donors (Lipinski definition) is 3. The van der Waals surface area contributed by atoms with Crippen LogP contribution in [0.1, 0.15) is 20.7 Å². The van der Waals surface area contributed by atoms with Crippen LogP contribution < -0.4 is 10.8 Å². The number of benzene rings is 3. The molecular formula is C20H15FN2O3. The first-order chi connectivity index (χ1) is 12.6. The second-order valence-corrected chi connectivity index (χ2v) is 5.54. The van der Waals surface area contributed by atoms with Crippen molar-refractivity contribution < 1.29 is 19.2 Å². The summed E-state index contributed by atoms with van der Waals surface area (Å²) in [6.45, 7) is 0. The van der Waals surface area contributed by atoms with Gasteiger partial charge in [-0.25, -0.2) is 9.87 Å². The Morgan fingerprint density at radius 1 is 0.769 bits per heavy atom. The van der Waals surface area contributed by atoms with E-state index in [1.54, 1.807) is 66.1 Å². The van der Waals surface area contributed by atoms with E-state index in [1.807, 2.05) is 0 Å². The van der Waals surface area contributed by atoms with Crippen molar-refractivity contribution in [3.8, 4) is 11.1 Å². The van der Waals surface area contributed by atoms with E-state index in [9.17, 15) is 14.0 Å². The Bertz CT molecular complexity index is 973. The molecule has 0 unspecified atom stereocenters. The van der Waals surface area contributed by atoms with Crippen molar-refractivity contribution in [2.45, 2.75) is 0 Å². The molecule has 2 amide bonds. The molecule has 3 aromatic rings. The molecule has 6 heteroatoms. The predicted octanol–water partition coefficient (Wildman–Crippen LogP) is 3.86. The lowest BCUT2D eigenvalue weighted by molar-refractivity contribution is 0.0706. The van der Waals surface area contributed by atoms with Crippen molar-refractivity contribution in [2.75, 3.05) is 5.32 Å². The van der Waals surface area contributed by atoms with E-state index in [-0.39, 0.29) is 11.3 Å². The van der Waals surface area contributed by atoms with Crippen LogP contribution in [0.3, 0.4) is 0 Å². The molecule has 130 valence electrons. The number of nitrogens with one attached hydrogen (secondary N) is 2. The molecule has 0 saturated carbocycles. The summed E-state index contributed by atoms with van der Waals surface area (Å²) in [6, 6.07) is 19.3. The Morgan fingerprint density at radius 2 is 1.35 bits per heavy atom.